The second-order valence-electron chi connectivity index (χ2n) is 5.86. The van der Waals surface area contributed by atoms with Crippen molar-refractivity contribution in [2.24, 2.45) is 0 Å². The van der Waals surface area contributed by atoms with Crippen LogP contribution in [-0.2, 0) is 0 Å². The molecule has 3 rings (SSSR count). The van der Waals surface area contributed by atoms with Gasteiger partial charge in [-0.1, -0.05) is 76.1 Å². The number of hydrogen-bond donors (Lipinski definition) is 0. The molecule has 0 bridgehead atoms. The van der Waals surface area contributed by atoms with Crippen molar-refractivity contribution in [2.45, 2.75) is 20.8 Å². The molecule has 0 radical (unpaired) electrons. The van der Waals surface area contributed by atoms with Crippen molar-refractivity contribution in [3.8, 4) is 22.3 Å². The summed E-state index contributed by atoms with van der Waals surface area (Å²) in [6, 6.07) is 22.0. The van der Waals surface area contributed by atoms with Crippen LogP contribution in [-0.4, -0.2) is 0 Å². The quantitative estimate of drug-likeness (QED) is 0.481. The van der Waals surface area contributed by atoms with Gasteiger partial charge in [0.1, 0.15) is 0 Å². The van der Waals surface area contributed by atoms with Crippen LogP contribution in [0.25, 0.3) is 22.3 Å². The lowest BCUT2D eigenvalue weighted by molar-refractivity contribution is 1.36. The summed E-state index contributed by atoms with van der Waals surface area (Å²) in [6.45, 7) is 6.41. The molecule has 1 heteroatoms. The van der Waals surface area contributed by atoms with E-state index in [-0.39, 0.29) is 0 Å². The second-order valence-corrected chi connectivity index (χ2v) is 6.71. The lowest BCUT2D eigenvalue weighted by Crippen LogP contribution is -1.87. The monoisotopic (exact) mass is 350 g/mol. The third-order valence-corrected chi connectivity index (χ3v) is 4.94. The minimum absolute atomic E-state index is 1.17. The van der Waals surface area contributed by atoms with Crippen LogP contribution in [0.4, 0.5) is 0 Å². The van der Waals surface area contributed by atoms with Crippen LogP contribution in [0.15, 0.2) is 65.1 Å². The first-order valence-electron chi connectivity index (χ1n) is 7.49. The van der Waals surface area contributed by atoms with Crippen LogP contribution >= 0.6 is 15.9 Å². The molecule has 0 N–H and O–H groups in total. The maximum atomic E-state index is 3.60. The first kappa shape index (κ1) is 15.1. The molecule has 0 aromatic heterocycles. The molecule has 0 fully saturated rings. The average Bonchev–Trinajstić information content (AvgIpc) is 2.52. The van der Waals surface area contributed by atoms with Crippen molar-refractivity contribution < 1.29 is 0 Å². The fraction of sp³-hybridized carbons (Fsp3) is 0.143. The molecular formula is C21H19Br. The van der Waals surface area contributed by atoms with E-state index in [9.17, 15) is 0 Å². The summed E-state index contributed by atoms with van der Waals surface area (Å²) in [5.74, 6) is 0. The Hall–Kier alpha value is -1.86. The van der Waals surface area contributed by atoms with E-state index in [1.807, 2.05) is 0 Å². The van der Waals surface area contributed by atoms with Gasteiger partial charge in [-0.2, -0.15) is 0 Å². The first-order chi connectivity index (χ1) is 10.5. The Morgan fingerprint density at radius 1 is 0.591 bits per heavy atom. The predicted molar refractivity (Wildman–Crippen MR) is 99.2 cm³/mol. The van der Waals surface area contributed by atoms with Crippen LogP contribution < -0.4 is 0 Å². The van der Waals surface area contributed by atoms with Gasteiger partial charge < -0.3 is 0 Å². The van der Waals surface area contributed by atoms with Crippen LogP contribution in [0.3, 0.4) is 0 Å². The van der Waals surface area contributed by atoms with E-state index in [1.165, 1.54) is 43.4 Å². The standard InChI is InChI=1S/C21H19Br/c1-14-4-6-17(7-5-14)18-8-10-19(11-9-18)20-12-16(3)21(22)13-15(20)2/h4-13H,1-3H3. The van der Waals surface area contributed by atoms with Gasteiger partial charge in [-0.3, -0.25) is 0 Å². The molecule has 110 valence electrons. The van der Waals surface area contributed by atoms with Gasteiger partial charge in [0.2, 0.25) is 0 Å². The molecule has 0 nitrogen and oxygen atoms in total. The summed E-state index contributed by atoms with van der Waals surface area (Å²) in [6.07, 6.45) is 0. The van der Waals surface area contributed by atoms with Gasteiger partial charge in [-0.25, -0.2) is 0 Å². The molecule has 0 atom stereocenters. The Kier molecular flexibility index (Phi) is 4.17. The van der Waals surface area contributed by atoms with Crippen LogP contribution in [0, 0.1) is 20.8 Å². The van der Waals surface area contributed by atoms with Gasteiger partial charge in [0.25, 0.3) is 0 Å². The molecule has 0 spiro atoms. The van der Waals surface area contributed by atoms with E-state index in [1.54, 1.807) is 0 Å². The lowest BCUT2D eigenvalue weighted by Gasteiger charge is -2.10. The molecule has 3 aromatic rings. The summed E-state index contributed by atoms with van der Waals surface area (Å²) >= 11 is 3.60. The maximum absolute atomic E-state index is 3.60. The van der Waals surface area contributed by atoms with Gasteiger partial charge in [-0.05, 0) is 60.2 Å². The number of rotatable bonds is 2. The Bertz CT molecular complexity index is 797. The van der Waals surface area contributed by atoms with E-state index >= 15 is 0 Å². The van der Waals surface area contributed by atoms with Gasteiger partial charge in [-0.15, -0.1) is 0 Å². The molecule has 0 amide bonds. The van der Waals surface area contributed by atoms with Gasteiger partial charge in [0, 0.05) is 4.47 Å². The number of aryl methyl sites for hydroxylation is 3. The summed E-state index contributed by atoms with van der Waals surface area (Å²) < 4.78 is 1.17. The van der Waals surface area contributed by atoms with Gasteiger partial charge in [0.05, 0.1) is 0 Å². The van der Waals surface area contributed by atoms with Crippen molar-refractivity contribution >= 4 is 15.9 Å². The third-order valence-electron chi connectivity index (χ3n) is 4.09. The minimum Gasteiger partial charge on any atom is -0.0587 e. The molecule has 0 unspecified atom stereocenters. The zero-order valence-electron chi connectivity index (χ0n) is 13.2. The van der Waals surface area contributed by atoms with E-state index in [4.69, 9.17) is 0 Å². The SMILES string of the molecule is Cc1ccc(-c2ccc(-c3cc(C)c(Br)cc3C)cc2)cc1. The molecule has 22 heavy (non-hydrogen) atoms. The number of benzene rings is 3. The molecule has 0 heterocycles. The Balaban J connectivity index is 1.98. The molecule has 0 aliphatic heterocycles. The highest BCUT2D eigenvalue weighted by Gasteiger charge is 2.06. The zero-order valence-corrected chi connectivity index (χ0v) is 14.7. The third kappa shape index (κ3) is 3.00. The zero-order chi connectivity index (χ0) is 15.7. The van der Waals surface area contributed by atoms with Crippen LogP contribution in [0.5, 0.6) is 0 Å². The molecule has 0 saturated carbocycles. The fourth-order valence-corrected chi connectivity index (χ4v) is 3.14. The van der Waals surface area contributed by atoms with Crippen molar-refractivity contribution in [2.75, 3.05) is 0 Å². The molecule has 0 aliphatic carbocycles. The Labute approximate surface area is 141 Å². The fourth-order valence-electron chi connectivity index (χ4n) is 2.68. The summed E-state index contributed by atoms with van der Waals surface area (Å²) in [5.41, 5.74) is 8.95. The molecule has 0 saturated heterocycles. The Morgan fingerprint density at radius 2 is 1.09 bits per heavy atom. The van der Waals surface area contributed by atoms with E-state index < -0.39 is 0 Å². The average molecular weight is 351 g/mol. The minimum atomic E-state index is 1.17. The number of halogens is 1. The van der Waals surface area contributed by atoms with E-state index in [0.29, 0.717) is 0 Å². The Morgan fingerprint density at radius 3 is 1.68 bits per heavy atom. The first-order valence-corrected chi connectivity index (χ1v) is 8.28. The smallest absolute Gasteiger partial charge is 0.0207 e. The molecular weight excluding hydrogens is 332 g/mol. The van der Waals surface area contributed by atoms with Gasteiger partial charge >= 0.3 is 0 Å². The summed E-state index contributed by atoms with van der Waals surface area (Å²) in [5, 5.41) is 0. The lowest BCUT2D eigenvalue weighted by atomic mass is 9.96. The van der Waals surface area contributed by atoms with Gasteiger partial charge in [0.15, 0.2) is 0 Å². The maximum Gasteiger partial charge on any atom is 0.0207 e. The highest BCUT2D eigenvalue weighted by Crippen LogP contribution is 2.30. The van der Waals surface area contributed by atoms with Crippen molar-refractivity contribution in [1.29, 1.82) is 0 Å². The highest BCUT2D eigenvalue weighted by molar-refractivity contribution is 9.10. The van der Waals surface area contributed by atoms with Crippen LogP contribution in [0.2, 0.25) is 0 Å². The highest BCUT2D eigenvalue weighted by atomic mass is 79.9. The normalized spacial score (nSPS) is 10.7. The van der Waals surface area contributed by atoms with Crippen molar-refractivity contribution in [3.05, 3.63) is 81.8 Å². The van der Waals surface area contributed by atoms with Crippen molar-refractivity contribution in [3.63, 3.8) is 0 Å². The summed E-state index contributed by atoms with van der Waals surface area (Å²) in [4.78, 5) is 0. The second kappa shape index (κ2) is 6.10. The summed E-state index contributed by atoms with van der Waals surface area (Å²) in [7, 11) is 0. The largest absolute Gasteiger partial charge is 0.0587 e. The molecule has 0 aliphatic rings. The predicted octanol–water partition coefficient (Wildman–Crippen LogP) is 6.71. The van der Waals surface area contributed by atoms with Crippen LogP contribution in [0.1, 0.15) is 16.7 Å². The number of hydrogen-bond acceptors (Lipinski definition) is 0. The van der Waals surface area contributed by atoms with E-state index in [2.05, 4.69) is 97.4 Å². The van der Waals surface area contributed by atoms with E-state index in [0.717, 1.165) is 0 Å². The molecule has 3 aromatic carbocycles. The van der Waals surface area contributed by atoms with Crippen molar-refractivity contribution in [1.82, 2.24) is 0 Å². The topological polar surface area (TPSA) is 0 Å².